The van der Waals surface area contributed by atoms with Gasteiger partial charge in [-0.25, -0.2) is 9.59 Å². The van der Waals surface area contributed by atoms with Gasteiger partial charge in [-0.1, -0.05) is 61.9 Å². The first-order chi connectivity index (χ1) is 14.4. The molecule has 7 heteroatoms. The van der Waals surface area contributed by atoms with Crippen molar-refractivity contribution in [2.75, 3.05) is 6.61 Å². The maximum absolute atomic E-state index is 12.3. The smallest absolute Gasteiger partial charge is 0.407 e. The second kappa shape index (κ2) is 9.43. The van der Waals surface area contributed by atoms with Gasteiger partial charge in [0.05, 0.1) is 0 Å². The number of fused-ring (bicyclic) bond motifs is 3. The van der Waals surface area contributed by atoms with Crippen molar-refractivity contribution in [1.82, 2.24) is 10.6 Å². The van der Waals surface area contributed by atoms with Gasteiger partial charge in [-0.05, 0) is 35.6 Å². The van der Waals surface area contributed by atoms with Crippen LogP contribution in [0.1, 0.15) is 43.7 Å². The van der Waals surface area contributed by atoms with Crippen LogP contribution in [-0.4, -0.2) is 41.8 Å². The molecule has 0 spiro atoms. The number of carbonyl (C=O) groups is 3. The number of hydrogen-bond acceptors (Lipinski definition) is 4. The Morgan fingerprint density at radius 1 is 1.00 bits per heavy atom. The van der Waals surface area contributed by atoms with Crippen molar-refractivity contribution >= 4 is 18.0 Å². The summed E-state index contributed by atoms with van der Waals surface area (Å²) in [4.78, 5) is 35.7. The molecular formula is C23H26N2O5. The van der Waals surface area contributed by atoms with E-state index in [9.17, 15) is 14.4 Å². The molecule has 0 bridgehead atoms. The van der Waals surface area contributed by atoms with E-state index in [1.807, 2.05) is 43.3 Å². The average Bonchev–Trinajstić information content (AvgIpc) is 3.05. The minimum absolute atomic E-state index is 0.0757. The molecule has 0 saturated heterocycles. The van der Waals surface area contributed by atoms with E-state index in [0.29, 0.717) is 12.8 Å². The lowest BCUT2D eigenvalue weighted by Gasteiger charge is -2.19. The first kappa shape index (κ1) is 21.4. The fourth-order valence-corrected chi connectivity index (χ4v) is 3.73. The van der Waals surface area contributed by atoms with Crippen molar-refractivity contribution < 1.29 is 24.2 Å². The molecule has 7 nitrogen and oxygen atoms in total. The molecule has 2 aromatic carbocycles. The molecule has 158 valence electrons. The Morgan fingerprint density at radius 3 is 2.10 bits per heavy atom. The number of hydrogen-bond donors (Lipinski definition) is 3. The van der Waals surface area contributed by atoms with Crippen LogP contribution < -0.4 is 10.6 Å². The van der Waals surface area contributed by atoms with Gasteiger partial charge in [0.15, 0.2) is 0 Å². The Morgan fingerprint density at radius 2 is 1.57 bits per heavy atom. The molecule has 0 radical (unpaired) electrons. The Labute approximate surface area is 175 Å². The highest BCUT2D eigenvalue weighted by molar-refractivity contribution is 5.89. The highest BCUT2D eigenvalue weighted by Gasteiger charge is 2.29. The Kier molecular flexibility index (Phi) is 6.72. The van der Waals surface area contributed by atoms with E-state index >= 15 is 0 Å². The summed E-state index contributed by atoms with van der Waals surface area (Å²) in [5.41, 5.74) is 4.46. The zero-order valence-electron chi connectivity index (χ0n) is 17.1. The predicted octanol–water partition coefficient (Wildman–Crippen LogP) is 3.28. The highest BCUT2D eigenvalue weighted by atomic mass is 16.5. The van der Waals surface area contributed by atoms with E-state index in [-0.39, 0.29) is 12.5 Å². The molecule has 1 aliphatic carbocycles. The summed E-state index contributed by atoms with van der Waals surface area (Å²) in [5, 5.41) is 14.1. The normalized spacial score (nSPS) is 14.2. The molecule has 3 rings (SSSR count). The molecule has 2 atom stereocenters. The Balaban J connectivity index is 1.58. The van der Waals surface area contributed by atoms with Crippen molar-refractivity contribution in [2.45, 2.75) is 44.7 Å². The van der Waals surface area contributed by atoms with Crippen LogP contribution >= 0.6 is 0 Å². The van der Waals surface area contributed by atoms with Crippen LogP contribution in [0.4, 0.5) is 4.79 Å². The predicted molar refractivity (Wildman–Crippen MR) is 112 cm³/mol. The summed E-state index contributed by atoms with van der Waals surface area (Å²) < 4.78 is 5.41. The average molecular weight is 410 g/mol. The minimum atomic E-state index is -1.10. The van der Waals surface area contributed by atoms with E-state index < -0.39 is 30.1 Å². The largest absolute Gasteiger partial charge is 0.480 e. The van der Waals surface area contributed by atoms with Crippen LogP contribution in [0.25, 0.3) is 11.1 Å². The molecule has 0 aromatic heterocycles. The molecule has 0 heterocycles. The molecule has 0 saturated carbocycles. The van der Waals surface area contributed by atoms with Crippen LogP contribution in [0, 0.1) is 0 Å². The van der Waals surface area contributed by atoms with Crippen LogP contribution in [0.15, 0.2) is 48.5 Å². The van der Waals surface area contributed by atoms with Crippen molar-refractivity contribution in [1.29, 1.82) is 0 Å². The van der Waals surface area contributed by atoms with Gasteiger partial charge in [0.1, 0.15) is 18.7 Å². The molecule has 0 aliphatic heterocycles. The molecule has 1 unspecified atom stereocenters. The van der Waals surface area contributed by atoms with E-state index in [2.05, 4.69) is 22.8 Å². The van der Waals surface area contributed by atoms with Gasteiger partial charge in [0.2, 0.25) is 5.91 Å². The SMILES string of the molecule is CCC[C@H](NC(=O)C(C)NC(=O)OCC1c2ccccc2-c2ccccc21)C(=O)O. The third kappa shape index (κ3) is 4.62. The Bertz CT molecular complexity index is 897. The van der Waals surface area contributed by atoms with Gasteiger partial charge in [-0.3, -0.25) is 4.79 Å². The third-order valence-electron chi connectivity index (χ3n) is 5.26. The summed E-state index contributed by atoms with van der Waals surface area (Å²) >= 11 is 0. The minimum Gasteiger partial charge on any atom is -0.480 e. The summed E-state index contributed by atoms with van der Waals surface area (Å²) in [5.74, 6) is -1.74. The summed E-state index contributed by atoms with van der Waals surface area (Å²) in [6.07, 6.45) is 0.214. The first-order valence-corrected chi connectivity index (χ1v) is 10.1. The second-order valence-corrected chi connectivity index (χ2v) is 7.38. The summed E-state index contributed by atoms with van der Waals surface area (Å²) in [6, 6.07) is 14.1. The van der Waals surface area contributed by atoms with E-state index in [1.165, 1.54) is 6.92 Å². The van der Waals surface area contributed by atoms with E-state index in [4.69, 9.17) is 9.84 Å². The number of rotatable bonds is 8. The van der Waals surface area contributed by atoms with Crippen molar-refractivity contribution in [3.63, 3.8) is 0 Å². The van der Waals surface area contributed by atoms with Gasteiger partial charge in [-0.15, -0.1) is 0 Å². The molecule has 1 aliphatic rings. The number of ether oxygens (including phenoxy) is 1. The number of amides is 2. The van der Waals surface area contributed by atoms with Crippen molar-refractivity contribution in [2.24, 2.45) is 0 Å². The molecule has 2 aromatic rings. The monoisotopic (exact) mass is 410 g/mol. The fraction of sp³-hybridized carbons (Fsp3) is 0.348. The van der Waals surface area contributed by atoms with Gasteiger partial charge in [0.25, 0.3) is 0 Å². The van der Waals surface area contributed by atoms with Gasteiger partial charge < -0.3 is 20.5 Å². The lowest BCUT2D eigenvalue weighted by Crippen LogP contribution is -2.50. The first-order valence-electron chi connectivity index (χ1n) is 10.1. The second-order valence-electron chi connectivity index (χ2n) is 7.38. The van der Waals surface area contributed by atoms with Crippen LogP contribution in [-0.2, 0) is 14.3 Å². The number of carbonyl (C=O) groups excluding carboxylic acids is 2. The van der Waals surface area contributed by atoms with E-state index in [0.717, 1.165) is 22.3 Å². The van der Waals surface area contributed by atoms with Gasteiger partial charge in [-0.2, -0.15) is 0 Å². The summed E-state index contributed by atoms with van der Waals surface area (Å²) in [7, 11) is 0. The number of alkyl carbamates (subject to hydrolysis) is 1. The third-order valence-corrected chi connectivity index (χ3v) is 5.26. The lowest BCUT2D eigenvalue weighted by molar-refractivity contribution is -0.142. The zero-order chi connectivity index (χ0) is 21.7. The summed E-state index contributed by atoms with van der Waals surface area (Å²) in [6.45, 7) is 3.46. The maximum Gasteiger partial charge on any atom is 0.407 e. The van der Waals surface area contributed by atoms with Gasteiger partial charge in [0, 0.05) is 5.92 Å². The van der Waals surface area contributed by atoms with Crippen LogP contribution in [0.3, 0.4) is 0 Å². The Hall–Kier alpha value is -3.35. The highest BCUT2D eigenvalue weighted by Crippen LogP contribution is 2.44. The number of carboxylic acid groups (broad SMARTS) is 1. The van der Waals surface area contributed by atoms with Crippen LogP contribution in [0.5, 0.6) is 0 Å². The topological polar surface area (TPSA) is 105 Å². The standard InChI is InChI=1S/C23H26N2O5/c1-3-8-20(22(27)28)25-21(26)14(2)24-23(29)30-13-19-17-11-6-4-9-15(17)16-10-5-7-12-18(16)19/h4-7,9-12,14,19-20H,3,8,13H2,1-2H3,(H,24,29)(H,25,26)(H,27,28)/t14?,20-/m0/s1. The van der Waals surface area contributed by atoms with Gasteiger partial charge >= 0.3 is 12.1 Å². The lowest BCUT2D eigenvalue weighted by atomic mass is 9.98. The molecule has 3 N–H and O–H groups in total. The quantitative estimate of drug-likeness (QED) is 0.619. The molecular weight excluding hydrogens is 384 g/mol. The number of aliphatic carboxylic acids is 1. The maximum atomic E-state index is 12.3. The number of carboxylic acids is 1. The fourth-order valence-electron chi connectivity index (χ4n) is 3.73. The van der Waals surface area contributed by atoms with Crippen molar-refractivity contribution in [3.8, 4) is 11.1 Å². The van der Waals surface area contributed by atoms with E-state index in [1.54, 1.807) is 0 Å². The molecule has 30 heavy (non-hydrogen) atoms. The van der Waals surface area contributed by atoms with Crippen molar-refractivity contribution in [3.05, 3.63) is 59.7 Å². The molecule has 2 amide bonds. The van der Waals surface area contributed by atoms with Crippen LogP contribution in [0.2, 0.25) is 0 Å². The molecule has 0 fully saturated rings. The number of benzene rings is 2. The zero-order valence-corrected chi connectivity index (χ0v) is 17.1. The number of nitrogens with one attached hydrogen (secondary N) is 2.